The van der Waals surface area contributed by atoms with Gasteiger partial charge >= 0.3 is 0 Å². The Balaban J connectivity index is 1.34. The van der Waals surface area contributed by atoms with Gasteiger partial charge in [-0.3, -0.25) is 4.98 Å². The summed E-state index contributed by atoms with van der Waals surface area (Å²) >= 11 is 0. The van der Waals surface area contributed by atoms with Gasteiger partial charge in [0, 0.05) is 42.8 Å². The number of para-hydroxylation sites is 1. The summed E-state index contributed by atoms with van der Waals surface area (Å²) < 4.78 is 1.93. The van der Waals surface area contributed by atoms with Gasteiger partial charge < -0.3 is 9.80 Å². The van der Waals surface area contributed by atoms with Gasteiger partial charge in [-0.1, -0.05) is 18.2 Å². The monoisotopic (exact) mass is 398 g/mol. The lowest BCUT2D eigenvalue weighted by atomic mass is 9.72. The van der Waals surface area contributed by atoms with Crippen LogP contribution in [0.3, 0.4) is 0 Å². The highest BCUT2D eigenvalue weighted by Crippen LogP contribution is 2.40. The molecule has 0 radical (unpaired) electrons. The summed E-state index contributed by atoms with van der Waals surface area (Å²) in [5.74, 6) is 0. The fraction of sp³-hybridized carbons (Fsp3) is 0.375. The van der Waals surface area contributed by atoms with Crippen molar-refractivity contribution in [2.45, 2.75) is 19.8 Å². The van der Waals surface area contributed by atoms with Gasteiger partial charge in [0.25, 0.3) is 0 Å². The first-order valence-electron chi connectivity index (χ1n) is 10.7. The third-order valence-electron chi connectivity index (χ3n) is 6.88. The molecule has 1 spiro atoms. The highest BCUT2D eigenvalue weighted by Gasteiger charge is 2.43. The Morgan fingerprint density at radius 2 is 1.80 bits per heavy atom. The zero-order valence-electron chi connectivity index (χ0n) is 17.5. The number of aromatic nitrogens is 4. The van der Waals surface area contributed by atoms with Crippen LogP contribution in [0, 0.1) is 12.3 Å². The topological polar surface area (TPSA) is 49.6 Å². The van der Waals surface area contributed by atoms with Crippen LogP contribution in [-0.4, -0.2) is 57.7 Å². The van der Waals surface area contributed by atoms with Crippen molar-refractivity contribution in [1.82, 2.24) is 24.5 Å². The summed E-state index contributed by atoms with van der Waals surface area (Å²) in [5.41, 5.74) is 6.82. The van der Waals surface area contributed by atoms with Crippen molar-refractivity contribution < 1.29 is 0 Å². The standard InChI is InChI=1S/C24H26N6/c1-17-11-20(19-5-3-4-6-22(19)27-17)21-13-26-30-14-18(12-25-23(21)30)29-9-7-24(8-10-29)15-28(2)16-24/h3-6,11-14H,7-10,15-16H2,1-2H3. The van der Waals surface area contributed by atoms with E-state index >= 15 is 0 Å². The van der Waals surface area contributed by atoms with Crippen LogP contribution in [0.1, 0.15) is 18.5 Å². The number of anilines is 1. The van der Waals surface area contributed by atoms with Gasteiger partial charge in [0.15, 0.2) is 5.65 Å². The van der Waals surface area contributed by atoms with Crippen LogP contribution in [0.2, 0.25) is 0 Å². The number of rotatable bonds is 2. The SMILES string of the molecule is Cc1cc(-c2cnn3cc(N4CCC5(CC4)CN(C)C5)cnc23)c2ccccc2n1. The normalized spacial score (nSPS) is 18.9. The van der Waals surface area contributed by atoms with E-state index in [0.717, 1.165) is 52.1 Å². The summed E-state index contributed by atoms with van der Waals surface area (Å²) in [6.07, 6.45) is 8.61. The smallest absolute Gasteiger partial charge is 0.162 e. The van der Waals surface area contributed by atoms with Crippen LogP contribution in [0.4, 0.5) is 5.69 Å². The number of aryl methyl sites for hydroxylation is 1. The van der Waals surface area contributed by atoms with Gasteiger partial charge in [0.2, 0.25) is 0 Å². The Kier molecular flexibility index (Phi) is 3.87. The molecule has 0 N–H and O–H groups in total. The molecule has 1 aromatic carbocycles. The Morgan fingerprint density at radius 1 is 1.00 bits per heavy atom. The Morgan fingerprint density at radius 3 is 2.60 bits per heavy atom. The molecule has 0 aliphatic carbocycles. The molecule has 3 aromatic heterocycles. The van der Waals surface area contributed by atoms with Crippen molar-refractivity contribution in [2.75, 3.05) is 38.1 Å². The lowest BCUT2D eigenvalue weighted by molar-refractivity contribution is 0.00130. The highest BCUT2D eigenvalue weighted by atomic mass is 15.3. The van der Waals surface area contributed by atoms with Crippen LogP contribution >= 0.6 is 0 Å². The van der Waals surface area contributed by atoms with E-state index in [0.29, 0.717) is 5.41 Å². The molecule has 2 saturated heterocycles. The summed E-state index contributed by atoms with van der Waals surface area (Å²) in [7, 11) is 2.22. The second kappa shape index (κ2) is 6.51. The maximum absolute atomic E-state index is 4.84. The Labute approximate surface area is 176 Å². The van der Waals surface area contributed by atoms with Crippen molar-refractivity contribution in [2.24, 2.45) is 5.41 Å². The van der Waals surface area contributed by atoms with Gasteiger partial charge in [-0.15, -0.1) is 0 Å². The number of piperidine rings is 1. The van der Waals surface area contributed by atoms with Crippen LogP contribution < -0.4 is 4.90 Å². The molecular weight excluding hydrogens is 372 g/mol. The number of benzene rings is 1. The zero-order chi connectivity index (χ0) is 20.3. The number of nitrogens with zero attached hydrogens (tertiary/aromatic N) is 6. The van der Waals surface area contributed by atoms with E-state index in [2.05, 4.69) is 57.4 Å². The molecule has 6 nitrogen and oxygen atoms in total. The van der Waals surface area contributed by atoms with Crippen molar-refractivity contribution in [3.63, 3.8) is 0 Å². The molecule has 0 saturated carbocycles. The third-order valence-corrected chi connectivity index (χ3v) is 6.88. The fourth-order valence-corrected chi connectivity index (χ4v) is 5.40. The maximum Gasteiger partial charge on any atom is 0.162 e. The largest absolute Gasteiger partial charge is 0.369 e. The summed E-state index contributed by atoms with van der Waals surface area (Å²) in [4.78, 5) is 14.4. The molecule has 30 heavy (non-hydrogen) atoms. The average Bonchev–Trinajstić information content (AvgIpc) is 3.16. The highest BCUT2D eigenvalue weighted by molar-refractivity contribution is 5.98. The van der Waals surface area contributed by atoms with Crippen LogP contribution in [0.25, 0.3) is 27.7 Å². The molecule has 0 amide bonds. The van der Waals surface area contributed by atoms with Crippen LogP contribution in [0.5, 0.6) is 0 Å². The molecular formula is C24H26N6. The number of hydrogen-bond acceptors (Lipinski definition) is 5. The first-order valence-corrected chi connectivity index (χ1v) is 10.7. The van der Waals surface area contributed by atoms with Crippen molar-refractivity contribution in [3.8, 4) is 11.1 Å². The van der Waals surface area contributed by atoms with E-state index in [1.165, 1.54) is 25.9 Å². The van der Waals surface area contributed by atoms with Crippen LogP contribution in [-0.2, 0) is 0 Å². The van der Waals surface area contributed by atoms with Gasteiger partial charge in [0.1, 0.15) is 0 Å². The average molecular weight is 399 g/mol. The predicted molar refractivity (Wildman–Crippen MR) is 120 cm³/mol. The first-order chi connectivity index (χ1) is 14.6. The number of fused-ring (bicyclic) bond motifs is 2. The molecule has 0 bridgehead atoms. The van der Waals surface area contributed by atoms with Crippen molar-refractivity contribution >= 4 is 22.2 Å². The van der Waals surface area contributed by atoms with Gasteiger partial charge in [0.05, 0.1) is 29.8 Å². The Hall–Kier alpha value is -2.99. The molecule has 6 rings (SSSR count). The van der Waals surface area contributed by atoms with Crippen molar-refractivity contribution in [3.05, 3.63) is 54.6 Å². The number of hydrogen-bond donors (Lipinski definition) is 0. The lowest BCUT2D eigenvalue weighted by Crippen LogP contribution is -2.58. The van der Waals surface area contributed by atoms with E-state index in [1.807, 2.05) is 29.9 Å². The second-order valence-electron chi connectivity index (χ2n) is 9.13. The minimum absolute atomic E-state index is 0.557. The maximum atomic E-state index is 4.84. The molecule has 2 aliphatic rings. The number of pyridine rings is 1. The first kappa shape index (κ1) is 17.8. The molecule has 0 atom stereocenters. The molecule has 152 valence electrons. The number of likely N-dealkylation sites (tertiary alicyclic amines) is 1. The summed E-state index contributed by atoms with van der Waals surface area (Å²) in [6.45, 7) is 6.74. The van der Waals surface area contributed by atoms with Gasteiger partial charge in [-0.2, -0.15) is 5.10 Å². The molecule has 6 heteroatoms. The van der Waals surface area contributed by atoms with Gasteiger partial charge in [-0.05, 0) is 49.9 Å². The van der Waals surface area contributed by atoms with E-state index in [9.17, 15) is 0 Å². The second-order valence-corrected chi connectivity index (χ2v) is 9.13. The molecule has 2 fully saturated rings. The minimum atomic E-state index is 0.557. The quantitative estimate of drug-likeness (QED) is 0.514. The fourth-order valence-electron chi connectivity index (χ4n) is 5.40. The molecule has 5 heterocycles. The van der Waals surface area contributed by atoms with Crippen LogP contribution in [0.15, 0.2) is 48.9 Å². The van der Waals surface area contributed by atoms with E-state index in [1.54, 1.807) is 0 Å². The Bertz CT molecular complexity index is 1240. The zero-order valence-corrected chi connectivity index (χ0v) is 17.5. The predicted octanol–water partition coefficient (Wildman–Crippen LogP) is 3.78. The molecule has 2 aliphatic heterocycles. The van der Waals surface area contributed by atoms with E-state index in [-0.39, 0.29) is 0 Å². The minimum Gasteiger partial charge on any atom is -0.369 e. The van der Waals surface area contributed by atoms with Gasteiger partial charge in [-0.25, -0.2) is 9.50 Å². The van der Waals surface area contributed by atoms with E-state index < -0.39 is 0 Å². The third kappa shape index (κ3) is 2.78. The summed E-state index contributed by atoms with van der Waals surface area (Å²) in [6, 6.07) is 10.4. The lowest BCUT2D eigenvalue weighted by Gasteiger charge is -2.53. The van der Waals surface area contributed by atoms with Crippen molar-refractivity contribution in [1.29, 1.82) is 0 Å². The molecule has 0 unspecified atom stereocenters. The summed E-state index contributed by atoms with van der Waals surface area (Å²) in [5, 5.41) is 5.79. The van der Waals surface area contributed by atoms with E-state index in [4.69, 9.17) is 4.98 Å². The molecule has 4 aromatic rings.